The van der Waals surface area contributed by atoms with E-state index in [1.165, 1.54) is 17.7 Å². The summed E-state index contributed by atoms with van der Waals surface area (Å²) in [5.74, 6) is -0.176. The van der Waals surface area contributed by atoms with E-state index in [1.807, 2.05) is 11.4 Å². The first-order chi connectivity index (χ1) is 13.1. The topological polar surface area (TPSA) is 115 Å². The highest BCUT2D eigenvalue weighted by molar-refractivity contribution is 7.14. The number of aryl methyl sites for hydroxylation is 1. The van der Waals surface area contributed by atoms with Gasteiger partial charge in [-0.15, -0.1) is 16.4 Å². The first-order valence-electron chi connectivity index (χ1n) is 8.17. The maximum atomic E-state index is 12.1. The number of carbonyl (C=O) groups is 2. The van der Waals surface area contributed by atoms with Crippen LogP contribution in [0.25, 0.3) is 11.3 Å². The number of hydrogen-bond donors (Lipinski definition) is 2. The van der Waals surface area contributed by atoms with Crippen molar-refractivity contribution in [3.63, 3.8) is 0 Å². The van der Waals surface area contributed by atoms with E-state index in [2.05, 4.69) is 31.1 Å². The molecule has 1 aromatic carbocycles. The van der Waals surface area contributed by atoms with Gasteiger partial charge in [-0.3, -0.25) is 9.59 Å². The summed E-state index contributed by atoms with van der Waals surface area (Å²) >= 11 is 7.65. The number of rotatable bonds is 6. The minimum absolute atomic E-state index is 0.0499. The Kier molecular flexibility index (Phi) is 4.82. The minimum Gasteiger partial charge on any atom is -0.325 e. The SMILES string of the molecule is O=C(CCCn1cnnn1)Nc1nc(-c2cc3c(cc2Cl)NC(=O)C3)cs1. The highest BCUT2D eigenvalue weighted by Crippen LogP contribution is 2.36. The fraction of sp³-hybridized carbons (Fsp3) is 0.250. The van der Waals surface area contributed by atoms with Gasteiger partial charge < -0.3 is 10.6 Å². The monoisotopic (exact) mass is 403 g/mol. The number of carbonyl (C=O) groups excluding carboxylic acids is 2. The Labute approximate surface area is 162 Å². The molecular formula is C16H14ClN7O2S. The lowest BCUT2D eigenvalue weighted by Gasteiger charge is -2.05. The highest BCUT2D eigenvalue weighted by atomic mass is 35.5. The summed E-state index contributed by atoms with van der Waals surface area (Å²) in [7, 11) is 0. The van der Waals surface area contributed by atoms with Crippen molar-refractivity contribution in [2.75, 3.05) is 10.6 Å². The largest absolute Gasteiger partial charge is 0.325 e. The first-order valence-corrected chi connectivity index (χ1v) is 9.43. The predicted molar refractivity (Wildman–Crippen MR) is 101 cm³/mol. The molecule has 27 heavy (non-hydrogen) atoms. The van der Waals surface area contributed by atoms with Crippen LogP contribution < -0.4 is 10.6 Å². The zero-order valence-electron chi connectivity index (χ0n) is 14.0. The smallest absolute Gasteiger partial charge is 0.228 e. The number of hydrogen-bond acceptors (Lipinski definition) is 7. The molecule has 2 amide bonds. The second-order valence-corrected chi connectivity index (χ2v) is 7.24. The molecule has 2 N–H and O–H groups in total. The Bertz CT molecular complexity index is 1000. The lowest BCUT2D eigenvalue weighted by molar-refractivity contribution is -0.116. The average molecular weight is 404 g/mol. The van der Waals surface area contributed by atoms with Crippen molar-refractivity contribution in [2.24, 2.45) is 0 Å². The van der Waals surface area contributed by atoms with E-state index in [4.69, 9.17) is 11.6 Å². The number of thiazole rings is 1. The number of anilines is 2. The Balaban J connectivity index is 1.39. The van der Waals surface area contributed by atoms with Crippen LogP contribution in [-0.2, 0) is 22.6 Å². The van der Waals surface area contributed by atoms with E-state index in [0.717, 1.165) is 16.8 Å². The number of benzene rings is 1. The van der Waals surface area contributed by atoms with Crippen molar-refractivity contribution in [1.29, 1.82) is 0 Å². The minimum atomic E-state index is -0.126. The van der Waals surface area contributed by atoms with Crippen LogP contribution in [0.2, 0.25) is 5.02 Å². The van der Waals surface area contributed by atoms with Gasteiger partial charge in [-0.1, -0.05) is 11.6 Å². The molecule has 0 aliphatic carbocycles. The number of amides is 2. The summed E-state index contributed by atoms with van der Waals surface area (Å²) < 4.78 is 1.57. The van der Waals surface area contributed by atoms with E-state index in [0.29, 0.717) is 41.7 Å². The molecule has 1 aliphatic rings. The molecule has 0 fully saturated rings. The highest BCUT2D eigenvalue weighted by Gasteiger charge is 2.21. The number of aromatic nitrogens is 5. The van der Waals surface area contributed by atoms with Crippen molar-refractivity contribution in [2.45, 2.75) is 25.8 Å². The van der Waals surface area contributed by atoms with Crippen LogP contribution in [0.5, 0.6) is 0 Å². The number of nitrogens with zero attached hydrogens (tertiary/aromatic N) is 5. The van der Waals surface area contributed by atoms with Gasteiger partial charge in [0.1, 0.15) is 6.33 Å². The molecule has 3 heterocycles. The molecule has 0 atom stereocenters. The molecule has 1 aliphatic heterocycles. The lowest BCUT2D eigenvalue weighted by Crippen LogP contribution is -2.12. The van der Waals surface area contributed by atoms with Crippen LogP contribution >= 0.6 is 22.9 Å². The molecule has 0 saturated heterocycles. The van der Waals surface area contributed by atoms with E-state index in [1.54, 1.807) is 10.7 Å². The molecule has 11 heteroatoms. The molecule has 9 nitrogen and oxygen atoms in total. The molecule has 0 radical (unpaired) electrons. The predicted octanol–water partition coefficient (Wildman–Crippen LogP) is 2.36. The molecule has 3 aromatic rings. The average Bonchev–Trinajstić information content (AvgIpc) is 3.35. The Hall–Kier alpha value is -2.85. The first kappa shape index (κ1) is 17.6. The fourth-order valence-corrected chi connectivity index (χ4v) is 3.75. The quantitative estimate of drug-likeness (QED) is 0.652. The normalized spacial score (nSPS) is 12.7. The van der Waals surface area contributed by atoms with Crippen LogP contribution in [0.4, 0.5) is 10.8 Å². The lowest BCUT2D eigenvalue weighted by atomic mass is 10.1. The van der Waals surface area contributed by atoms with Gasteiger partial charge >= 0.3 is 0 Å². The van der Waals surface area contributed by atoms with Crippen molar-refractivity contribution in [3.05, 3.63) is 34.4 Å². The third kappa shape index (κ3) is 3.96. The summed E-state index contributed by atoms with van der Waals surface area (Å²) in [5.41, 5.74) is 3.03. The van der Waals surface area contributed by atoms with Crippen LogP contribution in [0, 0.1) is 0 Å². The van der Waals surface area contributed by atoms with E-state index in [-0.39, 0.29) is 11.8 Å². The van der Waals surface area contributed by atoms with Gasteiger partial charge in [0.05, 0.1) is 17.1 Å². The Morgan fingerprint density at radius 2 is 2.30 bits per heavy atom. The summed E-state index contributed by atoms with van der Waals surface area (Å²) in [5, 5.41) is 19.2. The fourth-order valence-electron chi connectivity index (χ4n) is 2.77. The molecule has 0 saturated carbocycles. The summed E-state index contributed by atoms with van der Waals surface area (Å²) in [6, 6.07) is 3.59. The number of halogens is 1. The second-order valence-electron chi connectivity index (χ2n) is 5.98. The number of fused-ring (bicyclic) bond motifs is 1. The summed E-state index contributed by atoms with van der Waals surface area (Å²) in [6.07, 6.45) is 2.79. The third-order valence-electron chi connectivity index (χ3n) is 4.03. The van der Waals surface area contributed by atoms with E-state index < -0.39 is 0 Å². The Morgan fingerprint density at radius 1 is 1.41 bits per heavy atom. The summed E-state index contributed by atoms with van der Waals surface area (Å²) in [6.45, 7) is 0.570. The van der Waals surface area contributed by atoms with Crippen LogP contribution in [0.15, 0.2) is 23.8 Å². The number of nitrogens with one attached hydrogen (secondary N) is 2. The number of tetrazole rings is 1. The molecule has 138 valence electrons. The standard InChI is InChI=1S/C16H14ClN7O2S/c17-11-6-12-9(5-15(26)19-12)4-10(11)13-7-27-16(20-13)21-14(25)2-1-3-24-8-18-22-23-24/h4,6-8H,1-3,5H2,(H,19,26)(H,20,21,25). The van der Waals surface area contributed by atoms with Gasteiger partial charge in [0.2, 0.25) is 11.8 Å². The van der Waals surface area contributed by atoms with Crippen LogP contribution in [0.3, 0.4) is 0 Å². The Morgan fingerprint density at radius 3 is 3.11 bits per heavy atom. The second kappa shape index (κ2) is 7.41. The molecule has 4 rings (SSSR count). The zero-order valence-corrected chi connectivity index (χ0v) is 15.5. The van der Waals surface area contributed by atoms with Gasteiger partial charge in [-0.2, -0.15) is 0 Å². The van der Waals surface area contributed by atoms with E-state index in [9.17, 15) is 9.59 Å². The summed E-state index contributed by atoms with van der Waals surface area (Å²) in [4.78, 5) is 28.0. The maximum Gasteiger partial charge on any atom is 0.228 e. The van der Waals surface area contributed by atoms with E-state index >= 15 is 0 Å². The van der Waals surface area contributed by atoms with Gasteiger partial charge in [0.25, 0.3) is 0 Å². The van der Waals surface area contributed by atoms with Crippen LogP contribution in [0.1, 0.15) is 18.4 Å². The van der Waals surface area contributed by atoms with Crippen molar-refractivity contribution in [3.8, 4) is 11.3 Å². The van der Waals surface area contributed by atoms with Gasteiger partial charge in [0, 0.05) is 29.6 Å². The molecular weight excluding hydrogens is 390 g/mol. The van der Waals surface area contributed by atoms with Crippen molar-refractivity contribution in [1.82, 2.24) is 25.2 Å². The molecule has 2 aromatic heterocycles. The van der Waals surface area contributed by atoms with Crippen LogP contribution in [-0.4, -0.2) is 37.0 Å². The van der Waals surface area contributed by atoms with Crippen molar-refractivity contribution < 1.29 is 9.59 Å². The van der Waals surface area contributed by atoms with Gasteiger partial charge in [-0.05, 0) is 34.5 Å². The zero-order chi connectivity index (χ0) is 18.8. The third-order valence-corrected chi connectivity index (χ3v) is 5.10. The van der Waals surface area contributed by atoms with Gasteiger partial charge in [0.15, 0.2) is 5.13 Å². The molecule has 0 unspecified atom stereocenters. The van der Waals surface area contributed by atoms with Gasteiger partial charge in [-0.25, -0.2) is 9.67 Å². The molecule has 0 bridgehead atoms. The van der Waals surface area contributed by atoms with Crippen molar-refractivity contribution >= 4 is 45.6 Å². The maximum absolute atomic E-state index is 12.1. The molecule has 0 spiro atoms.